The summed E-state index contributed by atoms with van der Waals surface area (Å²) in [5.41, 5.74) is 1.59. The molecule has 10 heteroatoms. The van der Waals surface area contributed by atoms with Crippen LogP contribution in [-0.2, 0) is 23.1 Å². The first-order valence-corrected chi connectivity index (χ1v) is 10.6. The Morgan fingerprint density at radius 1 is 1.31 bits per heavy atom. The van der Waals surface area contributed by atoms with Crippen molar-refractivity contribution in [3.8, 4) is 0 Å². The maximum absolute atomic E-state index is 12.5. The average molecular weight is 396 g/mol. The number of sulfonamides is 1. The molecule has 0 aliphatic carbocycles. The molecule has 2 aromatic heterocycles. The van der Waals surface area contributed by atoms with Crippen LogP contribution in [0.4, 0.5) is 0 Å². The van der Waals surface area contributed by atoms with E-state index in [2.05, 4.69) is 33.4 Å². The van der Waals surface area contributed by atoms with E-state index in [-0.39, 0.29) is 17.0 Å². The molecule has 0 aliphatic heterocycles. The predicted octanol–water partition coefficient (Wildman–Crippen LogP) is 1.90. The van der Waals surface area contributed by atoms with Gasteiger partial charge in [-0.2, -0.15) is 0 Å². The Morgan fingerprint density at radius 3 is 2.81 bits per heavy atom. The highest BCUT2D eigenvalue weighted by Gasteiger charge is 2.17. The normalized spacial score (nSPS) is 12.3. The van der Waals surface area contributed by atoms with E-state index in [1.165, 1.54) is 29.5 Å². The third kappa shape index (κ3) is 4.21. The number of rotatable bonds is 8. The van der Waals surface area contributed by atoms with E-state index in [4.69, 9.17) is 4.42 Å². The van der Waals surface area contributed by atoms with E-state index < -0.39 is 15.8 Å². The molecule has 1 aromatic carbocycles. The summed E-state index contributed by atoms with van der Waals surface area (Å²) < 4.78 is 32.4. The second-order valence-electron chi connectivity index (χ2n) is 5.69. The maximum atomic E-state index is 12.5. The predicted molar refractivity (Wildman–Crippen MR) is 99.6 cm³/mol. The Labute approximate surface area is 154 Å². The number of fused-ring (bicyclic) bond motifs is 1. The molecule has 2 heterocycles. The van der Waals surface area contributed by atoms with E-state index in [0.29, 0.717) is 10.5 Å². The van der Waals surface area contributed by atoms with Gasteiger partial charge < -0.3 is 4.42 Å². The first-order valence-electron chi connectivity index (χ1n) is 8.19. The van der Waals surface area contributed by atoms with Crippen molar-refractivity contribution in [1.82, 2.24) is 19.6 Å². The smallest absolute Gasteiger partial charge is 0.408 e. The fraction of sp³-hybridized carbons (Fsp3) is 0.375. The molecule has 0 saturated heterocycles. The average Bonchev–Trinajstić information content (AvgIpc) is 3.22. The lowest BCUT2D eigenvalue weighted by Crippen LogP contribution is -2.24. The summed E-state index contributed by atoms with van der Waals surface area (Å²) in [7, 11) is -3.73. The molecule has 140 valence electrons. The molecule has 0 radical (unpaired) electrons. The highest BCUT2D eigenvalue weighted by molar-refractivity contribution is 7.89. The molecule has 0 spiro atoms. The van der Waals surface area contributed by atoms with E-state index >= 15 is 0 Å². The maximum Gasteiger partial charge on any atom is 0.417 e. The van der Waals surface area contributed by atoms with Crippen molar-refractivity contribution in [1.29, 1.82) is 0 Å². The van der Waals surface area contributed by atoms with E-state index in [0.717, 1.165) is 25.3 Å². The van der Waals surface area contributed by atoms with Gasteiger partial charge >= 0.3 is 5.76 Å². The van der Waals surface area contributed by atoms with Crippen LogP contribution in [0, 0.1) is 0 Å². The number of hydrogen-bond donors (Lipinski definition) is 2. The fourth-order valence-electron chi connectivity index (χ4n) is 2.51. The number of thiazole rings is 1. The standard InChI is InChI=1S/C16H20N4O4S2/c1-3-20(4-2)9-11-10-25-15(18-11)8-17-26(22,23)12-5-6-13-14(7-12)24-16(21)19-13/h5-7,10,17H,3-4,8-9H2,1-2H3,(H,19,21). The number of nitrogens with zero attached hydrogens (tertiary/aromatic N) is 2. The molecule has 0 saturated carbocycles. The summed E-state index contributed by atoms with van der Waals surface area (Å²) in [6.07, 6.45) is 0. The van der Waals surface area contributed by atoms with Gasteiger partial charge in [-0.3, -0.25) is 9.88 Å². The quantitative estimate of drug-likeness (QED) is 0.602. The molecule has 2 N–H and O–H groups in total. The van der Waals surface area contributed by atoms with Gasteiger partial charge in [-0.1, -0.05) is 13.8 Å². The molecule has 8 nitrogen and oxygen atoms in total. The number of aromatic nitrogens is 2. The van der Waals surface area contributed by atoms with Gasteiger partial charge in [-0.05, 0) is 25.2 Å². The van der Waals surface area contributed by atoms with Crippen LogP contribution in [0.2, 0.25) is 0 Å². The number of nitrogens with one attached hydrogen (secondary N) is 2. The largest absolute Gasteiger partial charge is 0.417 e. The van der Waals surface area contributed by atoms with Crippen molar-refractivity contribution in [2.45, 2.75) is 31.8 Å². The number of hydrogen-bond acceptors (Lipinski definition) is 7. The van der Waals surface area contributed by atoms with Gasteiger partial charge in [0.2, 0.25) is 10.0 Å². The van der Waals surface area contributed by atoms with Gasteiger partial charge in [-0.25, -0.2) is 22.9 Å². The van der Waals surface area contributed by atoms with Gasteiger partial charge in [0.15, 0.2) is 5.58 Å². The summed E-state index contributed by atoms with van der Waals surface area (Å²) in [6.45, 7) is 6.92. The monoisotopic (exact) mass is 396 g/mol. The summed E-state index contributed by atoms with van der Waals surface area (Å²) >= 11 is 1.42. The molecule has 3 aromatic rings. The highest BCUT2D eigenvalue weighted by atomic mass is 32.2. The van der Waals surface area contributed by atoms with Crippen molar-refractivity contribution < 1.29 is 12.8 Å². The van der Waals surface area contributed by atoms with Gasteiger partial charge in [-0.15, -0.1) is 11.3 Å². The number of H-pyrrole nitrogens is 1. The minimum Gasteiger partial charge on any atom is -0.408 e. The van der Waals surface area contributed by atoms with Crippen molar-refractivity contribution in [3.63, 3.8) is 0 Å². The lowest BCUT2D eigenvalue weighted by atomic mass is 10.3. The Kier molecular flexibility index (Phi) is 5.56. The number of benzene rings is 1. The zero-order valence-corrected chi connectivity index (χ0v) is 16.1. The molecular formula is C16H20N4O4S2. The Hall–Kier alpha value is -2.01. The van der Waals surface area contributed by atoms with Crippen LogP contribution in [-0.4, -0.2) is 36.4 Å². The third-order valence-corrected chi connectivity index (χ3v) is 6.29. The van der Waals surface area contributed by atoms with Crippen LogP contribution in [0.3, 0.4) is 0 Å². The Bertz CT molecular complexity index is 1050. The second-order valence-corrected chi connectivity index (χ2v) is 8.40. The lowest BCUT2D eigenvalue weighted by molar-refractivity contribution is 0.292. The van der Waals surface area contributed by atoms with Gasteiger partial charge in [0.05, 0.1) is 22.7 Å². The Balaban J connectivity index is 1.69. The SMILES string of the molecule is CCN(CC)Cc1csc(CNS(=O)(=O)c2ccc3[nH]c(=O)oc3c2)n1. The van der Waals surface area contributed by atoms with E-state index in [1.807, 2.05) is 5.38 Å². The molecule has 3 rings (SSSR count). The minimum absolute atomic E-state index is 0.0349. The second kappa shape index (κ2) is 7.70. The fourth-order valence-corrected chi connectivity index (χ4v) is 4.33. The number of oxazole rings is 1. The topological polar surface area (TPSA) is 108 Å². The van der Waals surface area contributed by atoms with Crippen molar-refractivity contribution in [3.05, 3.63) is 44.8 Å². The van der Waals surface area contributed by atoms with Crippen LogP contribution in [0.1, 0.15) is 24.5 Å². The van der Waals surface area contributed by atoms with Gasteiger partial charge in [0.25, 0.3) is 0 Å². The zero-order chi connectivity index (χ0) is 18.7. The van der Waals surface area contributed by atoms with Crippen LogP contribution in [0.15, 0.2) is 37.7 Å². The highest BCUT2D eigenvalue weighted by Crippen LogP contribution is 2.18. The first-order chi connectivity index (χ1) is 12.4. The number of aromatic amines is 1. The first kappa shape index (κ1) is 18.8. The molecule has 0 fully saturated rings. The van der Waals surface area contributed by atoms with E-state index in [9.17, 15) is 13.2 Å². The van der Waals surface area contributed by atoms with Crippen molar-refractivity contribution in [2.75, 3.05) is 13.1 Å². The summed E-state index contributed by atoms with van der Waals surface area (Å²) in [5.74, 6) is -0.619. The minimum atomic E-state index is -3.73. The van der Waals surface area contributed by atoms with Crippen LogP contribution < -0.4 is 10.5 Å². The van der Waals surface area contributed by atoms with Crippen LogP contribution >= 0.6 is 11.3 Å². The van der Waals surface area contributed by atoms with Crippen LogP contribution in [0.25, 0.3) is 11.1 Å². The lowest BCUT2D eigenvalue weighted by Gasteiger charge is -2.15. The summed E-state index contributed by atoms with van der Waals surface area (Å²) in [6, 6.07) is 4.24. The molecule has 0 bridgehead atoms. The van der Waals surface area contributed by atoms with Crippen molar-refractivity contribution >= 4 is 32.5 Å². The zero-order valence-electron chi connectivity index (χ0n) is 14.5. The van der Waals surface area contributed by atoms with E-state index in [1.54, 1.807) is 0 Å². The Morgan fingerprint density at radius 2 is 2.08 bits per heavy atom. The molecule has 0 atom stereocenters. The van der Waals surface area contributed by atoms with Crippen molar-refractivity contribution in [2.24, 2.45) is 0 Å². The van der Waals surface area contributed by atoms with Gasteiger partial charge in [0.1, 0.15) is 5.01 Å². The molecule has 0 aliphatic rings. The molecule has 0 unspecified atom stereocenters. The summed E-state index contributed by atoms with van der Waals surface area (Å²) in [4.78, 5) is 20.4. The molecule has 26 heavy (non-hydrogen) atoms. The third-order valence-electron chi connectivity index (χ3n) is 4.00. The molecular weight excluding hydrogens is 376 g/mol. The summed E-state index contributed by atoms with van der Waals surface area (Å²) in [5, 5.41) is 2.65. The molecule has 0 amide bonds. The van der Waals surface area contributed by atoms with Gasteiger partial charge in [0, 0.05) is 18.0 Å². The van der Waals surface area contributed by atoms with Crippen LogP contribution in [0.5, 0.6) is 0 Å².